The van der Waals surface area contributed by atoms with Crippen LogP contribution in [0.4, 0.5) is 5.82 Å². The first kappa shape index (κ1) is 19.5. The number of quaternary nitrogens is 2. The van der Waals surface area contributed by atoms with E-state index in [1.807, 2.05) is 12.3 Å². The van der Waals surface area contributed by atoms with Crippen molar-refractivity contribution in [1.29, 1.82) is 0 Å². The number of pyridine rings is 1. The lowest BCUT2D eigenvalue weighted by Gasteiger charge is -2.47. The minimum atomic E-state index is -0.379. The molecule has 152 valence electrons. The summed E-state index contributed by atoms with van der Waals surface area (Å²) in [6, 6.07) is 6.11. The van der Waals surface area contributed by atoms with E-state index in [2.05, 4.69) is 37.9 Å². The van der Waals surface area contributed by atoms with Gasteiger partial charge in [-0.15, -0.1) is 0 Å². The maximum atomic E-state index is 13.1. The molecule has 0 spiro atoms. The van der Waals surface area contributed by atoms with E-state index in [0.29, 0.717) is 6.54 Å². The number of imide groups is 1. The number of hydrogen-bond donors (Lipinski definition) is 2. The van der Waals surface area contributed by atoms with Crippen molar-refractivity contribution < 1.29 is 19.4 Å². The highest BCUT2D eigenvalue weighted by atomic mass is 16.2. The van der Waals surface area contributed by atoms with E-state index in [4.69, 9.17) is 0 Å². The monoisotopic (exact) mass is 386 g/mol. The number of aromatic nitrogens is 1. The first-order valence-electron chi connectivity index (χ1n) is 10.8. The van der Waals surface area contributed by atoms with Gasteiger partial charge in [-0.25, -0.2) is 4.98 Å². The largest absolute Gasteiger partial charge is 0.326 e. The van der Waals surface area contributed by atoms with Crippen LogP contribution in [0.25, 0.3) is 0 Å². The summed E-state index contributed by atoms with van der Waals surface area (Å²) in [5.41, 5.74) is -0.594. The molecular weight excluding hydrogens is 352 g/mol. The number of fused-ring (bicyclic) bond motifs is 2. The molecule has 2 unspecified atom stereocenters. The van der Waals surface area contributed by atoms with E-state index in [0.717, 1.165) is 57.8 Å². The third kappa shape index (κ3) is 3.07. The minimum absolute atomic E-state index is 0.00747. The average Bonchev–Trinajstić information content (AvgIpc) is 2.89. The molecule has 1 aliphatic carbocycles. The summed E-state index contributed by atoms with van der Waals surface area (Å²) in [6.45, 7) is 12.3. The number of carbonyl (C=O) groups is 2. The molecule has 6 heteroatoms. The van der Waals surface area contributed by atoms with E-state index >= 15 is 0 Å². The lowest BCUT2D eigenvalue weighted by atomic mass is 9.62. The number of amides is 2. The van der Waals surface area contributed by atoms with Gasteiger partial charge in [-0.1, -0.05) is 26.8 Å². The molecule has 2 amide bonds. The molecule has 2 atom stereocenters. The van der Waals surface area contributed by atoms with Crippen LogP contribution in [0.1, 0.15) is 40.0 Å². The number of likely N-dealkylation sites (tertiary alicyclic amines) is 1. The van der Waals surface area contributed by atoms with Crippen LogP contribution in [0.2, 0.25) is 0 Å². The number of nitrogens with zero attached hydrogens (tertiary/aromatic N) is 2. The molecule has 2 aliphatic heterocycles. The van der Waals surface area contributed by atoms with E-state index < -0.39 is 0 Å². The molecular formula is C22H34N4O2+2. The molecule has 2 N–H and O–H groups in total. The van der Waals surface area contributed by atoms with Crippen molar-refractivity contribution in [2.24, 2.45) is 16.7 Å². The van der Waals surface area contributed by atoms with Gasteiger partial charge >= 0.3 is 0 Å². The van der Waals surface area contributed by atoms with Crippen molar-refractivity contribution in [3.8, 4) is 0 Å². The summed E-state index contributed by atoms with van der Waals surface area (Å²) in [4.78, 5) is 35.1. The first-order valence-corrected chi connectivity index (χ1v) is 10.8. The molecule has 4 rings (SSSR count). The summed E-state index contributed by atoms with van der Waals surface area (Å²) >= 11 is 0. The zero-order chi connectivity index (χ0) is 19.9. The number of rotatable bonds is 5. The van der Waals surface area contributed by atoms with E-state index in [9.17, 15) is 9.59 Å². The summed E-state index contributed by atoms with van der Waals surface area (Å²) in [7, 11) is 0. The van der Waals surface area contributed by atoms with Gasteiger partial charge in [0.15, 0.2) is 0 Å². The molecule has 1 saturated carbocycles. The molecule has 3 aliphatic rings. The second-order valence-corrected chi connectivity index (χ2v) is 9.61. The molecule has 0 aromatic carbocycles. The number of piperazine rings is 1. The first-order chi connectivity index (χ1) is 13.3. The number of piperidine rings is 1. The van der Waals surface area contributed by atoms with Gasteiger partial charge in [0, 0.05) is 31.1 Å². The Bertz CT molecular complexity index is 742. The Morgan fingerprint density at radius 1 is 1.14 bits per heavy atom. The molecule has 1 aromatic rings. The van der Waals surface area contributed by atoms with Crippen LogP contribution in [-0.2, 0) is 9.59 Å². The van der Waals surface area contributed by atoms with Gasteiger partial charge < -0.3 is 4.90 Å². The molecule has 28 heavy (non-hydrogen) atoms. The topological polar surface area (TPSA) is 59.2 Å². The SMILES string of the molecule is CC12CCC(C(=O)N(CCC[NH+]3CC[NH+](c4ccccn4)CC3)C1=O)C2(C)C. The van der Waals surface area contributed by atoms with Crippen molar-refractivity contribution in [1.82, 2.24) is 9.88 Å². The Morgan fingerprint density at radius 3 is 2.57 bits per heavy atom. The third-order valence-corrected chi connectivity index (χ3v) is 8.01. The summed E-state index contributed by atoms with van der Waals surface area (Å²) < 4.78 is 0. The van der Waals surface area contributed by atoms with Gasteiger partial charge in [0.25, 0.3) is 0 Å². The zero-order valence-corrected chi connectivity index (χ0v) is 17.5. The van der Waals surface area contributed by atoms with Crippen molar-refractivity contribution >= 4 is 17.6 Å². The van der Waals surface area contributed by atoms with Crippen molar-refractivity contribution in [3.63, 3.8) is 0 Å². The lowest BCUT2D eigenvalue weighted by Crippen LogP contribution is -3.26. The number of nitrogens with one attached hydrogen (secondary N) is 2. The van der Waals surface area contributed by atoms with Gasteiger partial charge in [0.2, 0.25) is 17.6 Å². The quantitative estimate of drug-likeness (QED) is 0.683. The zero-order valence-electron chi connectivity index (χ0n) is 17.5. The Kier molecular flexibility index (Phi) is 5.04. The molecule has 6 nitrogen and oxygen atoms in total. The number of hydrogen-bond acceptors (Lipinski definition) is 3. The standard InChI is InChI=1S/C22H32N4O2/c1-21(2)17-8-9-22(21,3)20(28)26(19(17)27)12-6-11-24-13-15-25(16-14-24)18-7-4-5-10-23-18/h4-5,7,10,17H,6,8-9,11-16H2,1-3H3/p+2. The average molecular weight is 387 g/mol. The van der Waals surface area contributed by atoms with Crippen LogP contribution in [0.15, 0.2) is 24.4 Å². The van der Waals surface area contributed by atoms with Gasteiger partial charge in [0.1, 0.15) is 26.2 Å². The van der Waals surface area contributed by atoms with Gasteiger partial charge in [0.05, 0.1) is 12.0 Å². The second-order valence-electron chi connectivity index (χ2n) is 9.61. The van der Waals surface area contributed by atoms with Gasteiger partial charge in [-0.3, -0.25) is 19.4 Å². The fraction of sp³-hybridized carbons (Fsp3) is 0.682. The highest BCUT2D eigenvalue weighted by Gasteiger charge is 2.64. The fourth-order valence-corrected chi connectivity index (χ4v) is 5.58. The smallest absolute Gasteiger partial charge is 0.235 e. The van der Waals surface area contributed by atoms with Crippen LogP contribution >= 0.6 is 0 Å². The Morgan fingerprint density at radius 2 is 1.89 bits per heavy atom. The molecule has 0 radical (unpaired) electrons. The lowest BCUT2D eigenvalue weighted by molar-refractivity contribution is -0.987. The van der Waals surface area contributed by atoms with Crippen molar-refractivity contribution in [2.45, 2.75) is 40.0 Å². The summed E-state index contributed by atoms with van der Waals surface area (Å²) in [5.74, 6) is 1.28. The predicted molar refractivity (Wildman–Crippen MR) is 106 cm³/mol. The Balaban J connectivity index is 1.28. The van der Waals surface area contributed by atoms with E-state index in [1.165, 1.54) is 4.90 Å². The summed E-state index contributed by atoms with van der Waals surface area (Å²) in [6.07, 6.45) is 4.46. The van der Waals surface area contributed by atoms with Crippen LogP contribution < -0.4 is 9.80 Å². The van der Waals surface area contributed by atoms with E-state index in [1.54, 1.807) is 9.80 Å². The van der Waals surface area contributed by atoms with Crippen LogP contribution in [-0.4, -0.2) is 61.0 Å². The number of carbonyl (C=O) groups excluding carboxylic acids is 2. The van der Waals surface area contributed by atoms with E-state index in [-0.39, 0.29) is 28.6 Å². The molecule has 2 bridgehead atoms. The fourth-order valence-electron chi connectivity index (χ4n) is 5.58. The highest BCUT2D eigenvalue weighted by Crippen LogP contribution is 2.59. The molecule has 3 fully saturated rings. The maximum Gasteiger partial charge on any atom is 0.235 e. The molecule has 2 saturated heterocycles. The predicted octanol–water partition coefficient (Wildman–Crippen LogP) is -0.302. The summed E-state index contributed by atoms with van der Waals surface area (Å²) in [5, 5.41) is 0. The highest BCUT2D eigenvalue weighted by molar-refractivity contribution is 6.03. The van der Waals surface area contributed by atoms with Crippen LogP contribution in [0.3, 0.4) is 0 Å². The Labute approximate surface area is 167 Å². The molecule has 3 heterocycles. The maximum absolute atomic E-state index is 13.1. The molecule has 1 aromatic heterocycles. The second kappa shape index (κ2) is 7.23. The van der Waals surface area contributed by atoms with Gasteiger partial charge in [-0.2, -0.15) is 0 Å². The van der Waals surface area contributed by atoms with Crippen molar-refractivity contribution in [3.05, 3.63) is 24.4 Å². The third-order valence-electron chi connectivity index (χ3n) is 8.01. The van der Waals surface area contributed by atoms with Gasteiger partial charge in [-0.05, 0) is 24.3 Å². The van der Waals surface area contributed by atoms with Crippen molar-refractivity contribution in [2.75, 3.05) is 39.3 Å². The normalized spacial score (nSPS) is 34.7. The Hall–Kier alpha value is -1.79. The van der Waals surface area contributed by atoms with Crippen LogP contribution in [0.5, 0.6) is 0 Å². The minimum Gasteiger partial charge on any atom is -0.326 e. The van der Waals surface area contributed by atoms with Crippen LogP contribution in [0, 0.1) is 16.7 Å².